The fourth-order valence-electron chi connectivity index (χ4n) is 4.60. The molecule has 1 fully saturated rings. The number of anilines is 1. The quantitative estimate of drug-likeness (QED) is 0.299. The summed E-state index contributed by atoms with van der Waals surface area (Å²) in [7, 11) is 3.14. The zero-order valence-corrected chi connectivity index (χ0v) is 20.8. The predicted molar refractivity (Wildman–Crippen MR) is 136 cm³/mol. The number of benzene rings is 3. The highest BCUT2D eigenvalue weighted by Gasteiger charge is 2.47. The van der Waals surface area contributed by atoms with Crippen molar-refractivity contribution >= 4 is 23.1 Å². The van der Waals surface area contributed by atoms with Crippen LogP contribution in [0.25, 0.3) is 5.76 Å². The molecule has 1 amide bonds. The minimum atomic E-state index is -0.826. The first kappa shape index (κ1) is 24.1. The van der Waals surface area contributed by atoms with E-state index in [9.17, 15) is 14.7 Å². The minimum Gasteiger partial charge on any atom is -0.507 e. The Morgan fingerprint density at radius 2 is 1.60 bits per heavy atom. The number of carbonyl (C=O) groups is 2. The molecule has 0 saturated carbocycles. The Labute approximate surface area is 205 Å². The molecule has 0 bridgehead atoms. The summed E-state index contributed by atoms with van der Waals surface area (Å²) in [5, 5.41) is 11.5. The number of rotatable bonds is 5. The van der Waals surface area contributed by atoms with Gasteiger partial charge in [0.15, 0.2) is 0 Å². The lowest BCUT2D eigenvalue weighted by Gasteiger charge is -2.27. The van der Waals surface area contributed by atoms with Crippen LogP contribution in [0, 0.1) is 27.7 Å². The van der Waals surface area contributed by atoms with Crippen molar-refractivity contribution in [2.24, 2.45) is 0 Å². The van der Waals surface area contributed by atoms with E-state index in [-0.39, 0.29) is 11.3 Å². The number of aryl methyl sites for hydroxylation is 4. The molecule has 3 aromatic rings. The first-order valence-corrected chi connectivity index (χ1v) is 11.4. The number of Topliss-reactive ketones (excluding diaryl/α,β-unsaturated/α-hetero) is 1. The van der Waals surface area contributed by atoms with Gasteiger partial charge in [-0.3, -0.25) is 14.5 Å². The normalized spacial score (nSPS) is 17.1. The number of amides is 1. The Morgan fingerprint density at radius 1 is 0.857 bits per heavy atom. The van der Waals surface area contributed by atoms with E-state index < -0.39 is 17.7 Å². The molecule has 0 aromatic heterocycles. The van der Waals surface area contributed by atoms with Crippen LogP contribution >= 0.6 is 0 Å². The predicted octanol–water partition coefficient (Wildman–Crippen LogP) is 5.56. The Hall–Kier alpha value is -4.06. The van der Waals surface area contributed by atoms with Gasteiger partial charge in [0, 0.05) is 11.3 Å². The molecule has 35 heavy (non-hydrogen) atoms. The van der Waals surface area contributed by atoms with Gasteiger partial charge in [0.2, 0.25) is 0 Å². The smallest absolute Gasteiger partial charge is 0.300 e. The highest BCUT2D eigenvalue weighted by atomic mass is 16.5. The molecular weight excluding hydrogens is 442 g/mol. The van der Waals surface area contributed by atoms with Gasteiger partial charge in [-0.1, -0.05) is 24.3 Å². The zero-order valence-electron chi connectivity index (χ0n) is 20.8. The van der Waals surface area contributed by atoms with Crippen LogP contribution in [-0.4, -0.2) is 31.0 Å². The molecule has 1 unspecified atom stereocenters. The highest BCUT2D eigenvalue weighted by molar-refractivity contribution is 6.51. The van der Waals surface area contributed by atoms with Crippen molar-refractivity contribution in [3.63, 3.8) is 0 Å². The topological polar surface area (TPSA) is 76.1 Å². The summed E-state index contributed by atoms with van der Waals surface area (Å²) >= 11 is 0. The Kier molecular flexibility index (Phi) is 6.39. The molecule has 3 aromatic carbocycles. The van der Waals surface area contributed by atoms with Gasteiger partial charge >= 0.3 is 0 Å². The van der Waals surface area contributed by atoms with E-state index >= 15 is 0 Å². The monoisotopic (exact) mass is 471 g/mol. The largest absolute Gasteiger partial charge is 0.507 e. The molecule has 1 saturated heterocycles. The van der Waals surface area contributed by atoms with Crippen molar-refractivity contribution < 1.29 is 24.2 Å². The fourth-order valence-corrected chi connectivity index (χ4v) is 4.60. The first-order valence-electron chi connectivity index (χ1n) is 11.4. The summed E-state index contributed by atoms with van der Waals surface area (Å²) < 4.78 is 10.8. The Bertz CT molecular complexity index is 1370. The van der Waals surface area contributed by atoms with Gasteiger partial charge in [-0.2, -0.15) is 0 Å². The van der Waals surface area contributed by atoms with E-state index in [0.29, 0.717) is 28.3 Å². The molecule has 180 valence electrons. The van der Waals surface area contributed by atoms with E-state index in [2.05, 4.69) is 0 Å². The van der Waals surface area contributed by atoms with Gasteiger partial charge in [-0.25, -0.2) is 0 Å². The number of hydrogen-bond acceptors (Lipinski definition) is 5. The number of hydrogen-bond donors (Lipinski definition) is 1. The van der Waals surface area contributed by atoms with Crippen LogP contribution < -0.4 is 14.4 Å². The van der Waals surface area contributed by atoms with Crippen LogP contribution in [0.1, 0.15) is 39.4 Å². The molecule has 1 atom stereocenters. The Morgan fingerprint density at radius 3 is 2.29 bits per heavy atom. The van der Waals surface area contributed by atoms with E-state index in [1.165, 1.54) is 4.90 Å². The lowest BCUT2D eigenvalue weighted by Crippen LogP contribution is -2.30. The molecule has 1 aliphatic heterocycles. The number of ketones is 1. The maximum absolute atomic E-state index is 13.5. The van der Waals surface area contributed by atoms with E-state index in [0.717, 1.165) is 22.3 Å². The van der Waals surface area contributed by atoms with Crippen molar-refractivity contribution in [3.8, 4) is 11.5 Å². The number of nitrogens with zero attached hydrogens (tertiary/aromatic N) is 1. The van der Waals surface area contributed by atoms with E-state index in [1.54, 1.807) is 38.5 Å². The minimum absolute atomic E-state index is 0.0387. The summed E-state index contributed by atoms with van der Waals surface area (Å²) in [6.07, 6.45) is 0. The van der Waals surface area contributed by atoms with Crippen LogP contribution in [-0.2, 0) is 9.59 Å². The summed E-state index contributed by atoms with van der Waals surface area (Å²) in [5.74, 6) is -0.364. The first-order chi connectivity index (χ1) is 16.7. The van der Waals surface area contributed by atoms with Crippen LogP contribution in [0.15, 0.2) is 60.2 Å². The SMILES string of the molecule is COc1cccc(C2/C(=C(\O)c3cc(C)c(OC)cc3C)C(=O)C(=O)N2c2cc(C)ccc2C)c1. The Balaban J connectivity index is 2.02. The van der Waals surface area contributed by atoms with Crippen LogP contribution in [0.4, 0.5) is 5.69 Å². The van der Waals surface area contributed by atoms with Crippen molar-refractivity contribution in [1.29, 1.82) is 0 Å². The maximum atomic E-state index is 13.5. The van der Waals surface area contributed by atoms with Gasteiger partial charge in [0.05, 0.1) is 25.8 Å². The van der Waals surface area contributed by atoms with Crippen LogP contribution in [0.5, 0.6) is 11.5 Å². The molecule has 6 heteroatoms. The third-order valence-corrected chi connectivity index (χ3v) is 6.48. The number of aliphatic hydroxyl groups is 1. The molecule has 0 spiro atoms. The third kappa shape index (κ3) is 4.16. The van der Waals surface area contributed by atoms with Crippen molar-refractivity contribution in [3.05, 3.63) is 93.6 Å². The average molecular weight is 472 g/mol. The van der Waals surface area contributed by atoms with E-state index in [4.69, 9.17) is 9.47 Å². The highest BCUT2D eigenvalue weighted by Crippen LogP contribution is 2.44. The molecule has 1 N–H and O–H groups in total. The number of ether oxygens (including phenoxy) is 2. The molecular formula is C29H29NO5. The zero-order chi connectivity index (χ0) is 25.4. The second-order valence-electron chi connectivity index (χ2n) is 8.87. The fraction of sp³-hybridized carbons (Fsp3) is 0.241. The van der Waals surface area contributed by atoms with Gasteiger partial charge in [0.25, 0.3) is 11.7 Å². The third-order valence-electron chi connectivity index (χ3n) is 6.48. The van der Waals surface area contributed by atoms with Crippen LogP contribution in [0.3, 0.4) is 0 Å². The lowest BCUT2D eigenvalue weighted by molar-refractivity contribution is -0.132. The van der Waals surface area contributed by atoms with Crippen molar-refractivity contribution in [1.82, 2.24) is 0 Å². The van der Waals surface area contributed by atoms with Crippen molar-refractivity contribution in [2.45, 2.75) is 33.7 Å². The molecule has 1 heterocycles. The number of carbonyl (C=O) groups excluding carboxylic acids is 2. The summed E-state index contributed by atoms with van der Waals surface area (Å²) in [4.78, 5) is 28.5. The van der Waals surface area contributed by atoms with E-state index in [1.807, 2.05) is 58.0 Å². The second kappa shape index (κ2) is 9.29. The standard InChI is InChI=1S/C29H29NO5/c1-16-10-11-17(2)23(12-16)30-26(20-8-7-9-21(15-20)34-5)25(28(32)29(30)33)27(31)22-13-19(4)24(35-6)14-18(22)3/h7-15,26,31H,1-6H3/b27-25+. The van der Waals surface area contributed by atoms with Gasteiger partial charge < -0.3 is 14.6 Å². The second-order valence-corrected chi connectivity index (χ2v) is 8.87. The molecule has 6 nitrogen and oxygen atoms in total. The summed E-state index contributed by atoms with van der Waals surface area (Å²) in [6, 6.07) is 15.7. The summed E-state index contributed by atoms with van der Waals surface area (Å²) in [6.45, 7) is 7.53. The van der Waals surface area contributed by atoms with Crippen molar-refractivity contribution in [2.75, 3.05) is 19.1 Å². The molecule has 0 radical (unpaired) electrons. The molecule has 0 aliphatic carbocycles. The van der Waals surface area contributed by atoms with Gasteiger partial charge in [-0.05, 0) is 85.8 Å². The number of aliphatic hydroxyl groups excluding tert-OH is 1. The summed E-state index contributed by atoms with van der Waals surface area (Å²) in [5.41, 5.74) is 5.15. The molecule has 4 rings (SSSR count). The van der Waals surface area contributed by atoms with Crippen LogP contribution in [0.2, 0.25) is 0 Å². The maximum Gasteiger partial charge on any atom is 0.300 e. The van der Waals surface area contributed by atoms with Gasteiger partial charge in [-0.15, -0.1) is 0 Å². The number of methoxy groups -OCH3 is 2. The lowest BCUT2D eigenvalue weighted by atomic mass is 9.92. The average Bonchev–Trinajstić information content (AvgIpc) is 3.11. The van der Waals surface area contributed by atoms with Gasteiger partial charge in [0.1, 0.15) is 17.3 Å². The molecule has 1 aliphatic rings.